The van der Waals surface area contributed by atoms with Gasteiger partial charge in [-0.15, -0.1) is 0 Å². The highest BCUT2D eigenvalue weighted by molar-refractivity contribution is 6.32. The molecule has 0 spiro atoms. The molecule has 2 unspecified atom stereocenters. The van der Waals surface area contributed by atoms with Crippen molar-refractivity contribution in [3.05, 3.63) is 76.6 Å². The molecule has 3 aromatic carbocycles. The lowest BCUT2D eigenvalue weighted by Gasteiger charge is -2.37. The van der Waals surface area contributed by atoms with E-state index < -0.39 is 23.4 Å². The van der Waals surface area contributed by atoms with E-state index in [1.165, 1.54) is 51.4 Å². The van der Waals surface area contributed by atoms with Crippen molar-refractivity contribution in [3.8, 4) is 17.2 Å². The van der Waals surface area contributed by atoms with Crippen LogP contribution >= 0.6 is 11.6 Å². The molecule has 1 fully saturated rings. The predicted octanol–water partition coefficient (Wildman–Crippen LogP) is 6.40. The number of hydroxylamine groups is 1. The Bertz CT molecular complexity index is 1600. The summed E-state index contributed by atoms with van der Waals surface area (Å²) < 4.78 is 38.4. The van der Waals surface area contributed by atoms with Crippen LogP contribution in [0.1, 0.15) is 38.7 Å². The van der Waals surface area contributed by atoms with E-state index in [9.17, 15) is 4.79 Å². The third-order valence-corrected chi connectivity index (χ3v) is 8.18. The Hall–Kier alpha value is -4.32. The van der Waals surface area contributed by atoms with Crippen LogP contribution in [0.15, 0.2) is 60.2 Å². The van der Waals surface area contributed by atoms with E-state index in [2.05, 4.69) is 10.8 Å². The fourth-order valence-corrected chi connectivity index (χ4v) is 6.02. The van der Waals surface area contributed by atoms with E-state index in [1.54, 1.807) is 43.3 Å². The number of ether oxygens (including phenoxy) is 4. The molecule has 3 aromatic rings. The van der Waals surface area contributed by atoms with E-state index in [0.717, 1.165) is 12.8 Å². The largest absolute Gasteiger partial charge is 0.493 e. The Morgan fingerprint density at radius 3 is 2.33 bits per heavy atom. The van der Waals surface area contributed by atoms with Gasteiger partial charge in [-0.05, 0) is 56.5 Å². The standard InChI is InChI=1S/C33H35ClFN3O7/c1-19(39)36-20-10-8-11-21(16-20)38(22-17-25(41-3)31(43-5)26(18-22)42-4)32(40)29-30(28-23(34)12-9-13-24(28)35)37-45-33(29,2)27-14-6-7-15-44-27/h8-13,16-18,27,37H,6-7,14-15H2,1-5H3,(H,36,39). The van der Waals surface area contributed by atoms with Gasteiger partial charge in [-0.25, -0.2) is 4.39 Å². The molecule has 2 amide bonds. The molecular formula is C33H35ClFN3O7. The van der Waals surface area contributed by atoms with Gasteiger partial charge in [-0.2, -0.15) is 0 Å². The maximum atomic E-state index is 15.5. The summed E-state index contributed by atoms with van der Waals surface area (Å²) in [6.45, 7) is 3.61. The lowest BCUT2D eigenvalue weighted by atomic mass is 9.83. The number of carbonyl (C=O) groups is 2. The second-order valence-electron chi connectivity index (χ2n) is 10.8. The van der Waals surface area contributed by atoms with Gasteiger partial charge in [0, 0.05) is 31.4 Å². The van der Waals surface area contributed by atoms with Gasteiger partial charge in [-0.3, -0.25) is 24.8 Å². The molecule has 2 N–H and O–H groups in total. The van der Waals surface area contributed by atoms with Gasteiger partial charge in [0.2, 0.25) is 11.7 Å². The zero-order chi connectivity index (χ0) is 32.3. The van der Waals surface area contributed by atoms with Crippen molar-refractivity contribution in [2.24, 2.45) is 0 Å². The number of anilines is 3. The van der Waals surface area contributed by atoms with Crippen molar-refractivity contribution in [1.29, 1.82) is 0 Å². The lowest BCUT2D eigenvalue weighted by molar-refractivity contribution is -0.146. The minimum atomic E-state index is -1.35. The summed E-state index contributed by atoms with van der Waals surface area (Å²) in [5.41, 5.74) is 2.81. The van der Waals surface area contributed by atoms with Crippen molar-refractivity contribution >= 4 is 46.2 Å². The lowest BCUT2D eigenvalue weighted by Crippen LogP contribution is -2.49. The molecule has 45 heavy (non-hydrogen) atoms. The van der Waals surface area contributed by atoms with Gasteiger partial charge in [0.15, 0.2) is 17.1 Å². The summed E-state index contributed by atoms with van der Waals surface area (Å²) >= 11 is 6.54. The second-order valence-corrected chi connectivity index (χ2v) is 11.2. The zero-order valence-electron chi connectivity index (χ0n) is 25.7. The number of halogens is 2. The molecule has 2 heterocycles. The Balaban J connectivity index is 1.79. The minimum absolute atomic E-state index is 0.0149. The van der Waals surface area contributed by atoms with Crippen LogP contribution in [0.5, 0.6) is 17.2 Å². The molecule has 5 rings (SSSR count). The average Bonchev–Trinajstić information content (AvgIpc) is 3.38. The highest BCUT2D eigenvalue weighted by Crippen LogP contribution is 2.47. The third kappa shape index (κ3) is 6.15. The molecule has 10 nitrogen and oxygen atoms in total. The first-order valence-corrected chi connectivity index (χ1v) is 14.8. The number of hydrogen-bond acceptors (Lipinski definition) is 8. The number of rotatable bonds is 9. The maximum Gasteiger partial charge on any atom is 0.264 e. The van der Waals surface area contributed by atoms with Gasteiger partial charge >= 0.3 is 0 Å². The van der Waals surface area contributed by atoms with Crippen molar-refractivity contribution in [1.82, 2.24) is 5.48 Å². The summed E-state index contributed by atoms with van der Waals surface area (Å²) in [6, 6.07) is 14.3. The van der Waals surface area contributed by atoms with Crippen LogP contribution in [0.2, 0.25) is 5.02 Å². The first-order chi connectivity index (χ1) is 21.6. The molecule has 0 radical (unpaired) electrons. The quantitative estimate of drug-likeness (QED) is 0.277. The van der Waals surface area contributed by atoms with E-state index in [1.807, 2.05) is 0 Å². The smallest absolute Gasteiger partial charge is 0.264 e. The second kappa shape index (κ2) is 13.4. The third-order valence-electron chi connectivity index (χ3n) is 7.87. The Kier molecular flexibility index (Phi) is 9.52. The van der Waals surface area contributed by atoms with Gasteiger partial charge in [0.05, 0.1) is 60.7 Å². The molecule has 0 aliphatic carbocycles. The van der Waals surface area contributed by atoms with Gasteiger partial charge < -0.3 is 24.3 Å². The summed E-state index contributed by atoms with van der Waals surface area (Å²) in [5, 5.41) is 2.85. The molecule has 1 saturated heterocycles. The summed E-state index contributed by atoms with van der Waals surface area (Å²) in [6.07, 6.45) is 1.80. The monoisotopic (exact) mass is 639 g/mol. The highest BCUT2D eigenvalue weighted by atomic mass is 35.5. The molecule has 238 valence electrons. The molecule has 2 aliphatic rings. The van der Waals surface area contributed by atoms with Crippen molar-refractivity contribution in [2.45, 2.75) is 44.8 Å². The minimum Gasteiger partial charge on any atom is -0.493 e. The normalized spacial score (nSPS) is 19.5. The van der Waals surface area contributed by atoms with Crippen LogP contribution in [-0.4, -0.2) is 51.5 Å². The first kappa shape index (κ1) is 32.1. The molecule has 0 saturated carbocycles. The fraction of sp³-hybridized carbons (Fsp3) is 0.333. The SMILES string of the molecule is COc1cc(N(C(=O)C2=C(c3c(F)cccc3Cl)NOC2(C)C2CCCCO2)c2cccc(NC(C)=O)c2)cc(OC)c1OC. The van der Waals surface area contributed by atoms with Gasteiger partial charge in [0.25, 0.3) is 5.91 Å². The summed E-state index contributed by atoms with van der Waals surface area (Å²) in [7, 11) is 4.42. The fourth-order valence-electron chi connectivity index (χ4n) is 5.76. The number of nitrogens with one attached hydrogen (secondary N) is 2. The zero-order valence-corrected chi connectivity index (χ0v) is 26.4. The van der Waals surface area contributed by atoms with Crippen molar-refractivity contribution < 1.29 is 37.8 Å². The number of carbonyl (C=O) groups excluding carboxylic acids is 2. The van der Waals surface area contributed by atoms with Crippen molar-refractivity contribution in [2.75, 3.05) is 38.2 Å². The van der Waals surface area contributed by atoms with Gasteiger partial charge in [0.1, 0.15) is 5.82 Å². The van der Waals surface area contributed by atoms with Crippen LogP contribution in [0.3, 0.4) is 0 Å². The van der Waals surface area contributed by atoms with Crippen LogP contribution in [0.25, 0.3) is 5.70 Å². The number of hydrogen-bond donors (Lipinski definition) is 2. The number of benzene rings is 3. The Morgan fingerprint density at radius 2 is 1.73 bits per heavy atom. The van der Waals surface area contributed by atoms with E-state index in [0.29, 0.717) is 47.3 Å². The maximum absolute atomic E-state index is 15.5. The van der Waals surface area contributed by atoms with E-state index >= 15 is 9.18 Å². The Morgan fingerprint density at radius 1 is 1.02 bits per heavy atom. The molecule has 2 atom stereocenters. The van der Waals surface area contributed by atoms with Crippen LogP contribution in [-0.2, 0) is 19.2 Å². The number of methoxy groups -OCH3 is 3. The van der Waals surface area contributed by atoms with Crippen molar-refractivity contribution in [3.63, 3.8) is 0 Å². The number of nitrogens with zero attached hydrogens (tertiary/aromatic N) is 1. The van der Waals surface area contributed by atoms with E-state index in [-0.39, 0.29) is 27.8 Å². The predicted molar refractivity (Wildman–Crippen MR) is 169 cm³/mol. The summed E-state index contributed by atoms with van der Waals surface area (Å²) in [4.78, 5) is 34.7. The molecular weight excluding hydrogens is 605 g/mol. The summed E-state index contributed by atoms with van der Waals surface area (Å²) in [5.74, 6) is -0.568. The van der Waals surface area contributed by atoms with Crippen LogP contribution in [0, 0.1) is 5.82 Å². The number of amides is 2. The average molecular weight is 640 g/mol. The molecule has 0 aromatic heterocycles. The molecule has 0 bridgehead atoms. The van der Waals surface area contributed by atoms with E-state index in [4.69, 9.17) is 35.4 Å². The van der Waals surface area contributed by atoms with Crippen LogP contribution < -0.4 is 29.9 Å². The molecule has 12 heteroatoms. The van der Waals surface area contributed by atoms with Gasteiger partial charge in [-0.1, -0.05) is 23.7 Å². The van der Waals surface area contributed by atoms with Crippen LogP contribution in [0.4, 0.5) is 21.5 Å². The first-order valence-electron chi connectivity index (χ1n) is 14.4. The Labute approximate surface area is 265 Å². The highest BCUT2D eigenvalue weighted by Gasteiger charge is 2.52. The molecule has 2 aliphatic heterocycles. The topological polar surface area (TPSA) is 108 Å².